The van der Waals surface area contributed by atoms with E-state index >= 15 is 0 Å². The molecule has 0 amide bonds. The molecule has 1 rings (SSSR count). The lowest BCUT2D eigenvalue weighted by Crippen LogP contribution is -2.42. The van der Waals surface area contributed by atoms with Gasteiger partial charge in [0, 0.05) is 25.4 Å². The molecule has 0 aliphatic rings. The van der Waals surface area contributed by atoms with Crippen LogP contribution in [-0.2, 0) is 6.42 Å². The Bertz CT molecular complexity index is 256. The van der Waals surface area contributed by atoms with Crippen LogP contribution < -0.4 is 16.6 Å². The fourth-order valence-corrected chi connectivity index (χ4v) is 1.46. The Morgan fingerprint density at radius 1 is 1.77 bits per heavy atom. The fourth-order valence-electron chi connectivity index (χ4n) is 0.865. The minimum Gasteiger partial charge on any atom is -0.355 e. The van der Waals surface area contributed by atoms with Crippen molar-refractivity contribution in [2.75, 3.05) is 13.6 Å². The smallest absolute Gasteiger partial charge is 0.205 e. The highest BCUT2D eigenvalue weighted by Crippen LogP contribution is 2.00. The van der Waals surface area contributed by atoms with E-state index < -0.39 is 0 Å². The van der Waals surface area contributed by atoms with Crippen LogP contribution in [0.2, 0.25) is 0 Å². The van der Waals surface area contributed by atoms with Crippen LogP contribution in [0.5, 0.6) is 0 Å². The van der Waals surface area contributed by atoms with Gasteiger partial charge < -0.3 is 5.32 Å². The molecular formula is C7H13N5S. The third-order valence-electron chi connectivity index (χ3n) is 1.52. The van der Waals surface area contributed by atoms with Crippen LogP contribution >= 0.6 is 11.3 Å². The molecule has 13 heavy (non-hydrogen) atoms. The summed E-state index contributed by atoms with van der Waals surface area (Å²) in [4.78, 5) is 8.03. The van der Waals surface area contributed by atoms with Crippen LogP contribution in [0.1, 0.15) is 5.69 Å². The lowest BCUT2D eigenvalue weighted by Gasteiger charge is -2.06. The molecule has 0 fully saturated rings. The summed E-state index contributed by atoms with van der Waals surface area (Å²) >= 11 is 1.60. The van der Waals surface area contributed by atoms with Gasteiger partial charge in [-0.2, -0.15) is 0 Å². The largest absolute Gasteiger partial charge is 0.355 e. The first-order valence-corrected chi connectivity index (χ1v) is 4.85. The molecule has 0 aliphatic carbocycles. The third-order valence-corrected chi connectivity index (χ3v) is 2.15. The van der Waals surface area contributed by atoms with Crippen molar-refractivity contribution >= 4 is 17.3 Å². The summed E-state index contributed by atoms with van der Waals surface area (Å²) in [6.45, 7) is 0.778. The molecule has 1 aromatic heterocycles. The molecule has 0 spiro atoms. The van der Waals surface area contributed by atoms with E-state index in [0.29, 0.717) is 5.96 Å². The van der Waals surface area contributed by atoms with Gasteiger partial charge in [-0.25, -0.2) is 10.8 Å². The topological polar surface area (TPSA) is 75.3 Å². The van der Waals surface area contributed by atoms with E-state index in [1.54, 1.807) is 18.4 Å². The van der Waals surface area contributed by atoms with Gasteiger partial charge in [-0.3, -0.25) is 10.4 Å². The minimum atomic E-state index is 0.593. The van der Waals surface area contributed by atoms with Gasteiger partial charge in [0.1, 0.15) is 0 Å². The molecule has 6 heteroatoms. The number of guanidine groups is 1. The van der Waals surface area contributed by atoms with E-state index in [2.05, 4.69) is 20.7 Å². The molecule has 0 aromatic carbocycles. The molecule has 0 saturated heterocycles. The summed E-state index contributed by atoms with van der Waals surface area (Å²) in [6.07, 6.45) is 0.879. The van der Waals surface area contributed by atoms with Crippen molar-refractivity contribution in [3.8, 4) is 0 Å². The van der Waals surface area contributed by atoms with Crippen LogP contribution in [0.4, 0.5) is 0 Å². The van der Waals surface area contributed by atoms with Crippen LogP contribution in [0.25, 0.3) is 0 Å². The molecule has 0 saturated carbocycles. The first-order valence-electron chi connectivity index (χ1n) is 3.91. The van der Waals surface area contributed by atoms with Gasteiger partial charge in [-0.1, -0.05) is 0 Å². The van der Waals surface area contributed by atoms with Gasteiger partial charge in [-0.15, -0.1) is 11.3 Å². The van der Waals surface area contributed by atoms with Crippen molar-refractivity contribution in [1.29, 1.82) is 0 Å². The average Bonchev–Trinajstić information content (AvgIpc) is 2.65. The summed E-state index contributed by atoms with van der Waals surface area (Å²) in [5.74, 6) is 5.78. The predicted molar refractivity (Wildman–Crippen MR) is 54.5 cm³/mol. The summed E-state index contributed by atoms with van der Waals surface area (Å²) < 4.78 is 0. The van der Waals surface area contributed by atoms with Gasteiger partial charge in [0.15, 0.2) is 0 Å². The van der Waals surface area contributed by atoms with Gasteiger partial charge in [0.05, 0.1) is 11.2 Å². The number of hydrazine groups is 1. The number of nitrogens with two attached hydrogens (primary N) is 1. The SMILES string of the molecule is CN=C(NN)NCCc1cscn1. The maximum Gasteiger partial charge on any atom is 0.205 e. The molecule has 72 valence electrons. The maximum absolute atomic E-state index is 5.19. The number of nitrogens with one attached hydrogen (secondary N) is 2. The second-order valence-corrected chi connectivity index (χ2v) is 3.09. The molecule has 0 bridgehead atoms. The number of thiazole rings is 1. The van der Waals surface area contributed by atoms with Crippen LogP contribution in [0, 0.1) is 0 Å². The van der Waals surface area contributed by atoms with Crippen molar-refractivity contribution in [2.45, 2.75) is 6.42 Å². The van der Waals surface area contributed by atoms with Crippen molar-refractivity contribution in [3.63, 3.8) is 0 Å². The molecule has 1 aromatic rings. The van der Waals surface area contributed by atoms with Crippen LogP contribution in [-0.4, -0.2) is 24.5 Å². The zero-order valence-corrected chi connectivity index (χ0v) is 8.27. The second-order valence-electron chi connectivity index (χ2n) is 2.37. The highest BCUT2D eigenvalue weighted by molar-refractivity contribution is 7.07. The molecule has 0 unspecified atom stereocenters. The number of rotatable bonds is 3. The molecule has 5 nitrogen and oxygen atoms in total. The Balaban J connectivity index is 2.21. The summed E-state index contributed by atoms with van der Waals surface area (Å²) in [6, 6.07) is 0. The van der Waals surface area contributed by atoms with Gasteiger partial charge in [0.2, 0.25) is 5.96 Å². The van der Waals surface area contributed by atoms with E-state index in [1.807, 2.05) is 10.9 Å². The maximum atomic E-state index is 5.19. The Hall–Kier alpha value is -1.14. The van der Waals surface area contributed by atoms with Crippen molar-refractivity contribution in [2.24, 2.45) is 10.8 Å². The van der Waals surface area contributed by atoms with Crippen molar-refractivity contribution in [1.82, 2.24) is 15.7 Å². The van der Waals surface area contributed by atoms with E-state index in [4.69, 9.17) is 5.84 Å². The number of hydrogen-bond donors (Lipinski definition) is 3. The van der Waals surface area contributed by atoms with E-state index in [0.717, 1.165) is 18.7 Å². The number of aliphatic imine (C=N–C) groups is 1. The molecular weight excluding hydrogens is 186 g/mol. The lowest BCUT2D eigenvalue weighted by molar-refractivity contribution is 0.806. The monoisotopic (exact) mass is 199 g/mol. The van der Waals surface area contributed by atoms with Gasteiger partial charge in [-0.05, 0) is 0 Å². The van der Waals surface area contributed by atoms with Gasteiger partial charge in [0.25, 0.3) is 0 Å². The highest BCUT2D eigenvalue weighted by atomic mass is 32.1. The average molecular weight is 199 g/mol. The second kappa shape index (κ2) is 5.50. The predicted octanol–water partition coefficient (Wildman–Crippen LogP) is -0.276. The molecule has 0 aliphatic heterocycles. The molecule has 4 N–H and O–H groups in total. The zero-order chi connectivity index (χ0) is 9.52. The Kier molecular flexibility index (Phi) is 4.20. The van der Waals surface area contributed by atoms with Gasteiger partial charge >= 0.3 is 0 Å². The molecule has 0 atom stereocenters. The lowest BCUT2D eigenvalue weighted by atomic mass is 10.3. The standard InChI is InChI=1S/C7H13N5S/c1-9-7(12-8)10-3-2-6-4-13-5-11-6/h4-5H,2-3,8H2,1H3,(H2,9,10,12). The Morgan fingerprint density at radius 2 is 2.62 bits per heavy atom. The fraction of sp³-hybridized carbons (Fsp3) is 0.429. The molecule has 1 heterocycles. The summed E-state index contributed by atoms with van der Waals surface area (Å²) in [5, 5.41) is 5.06. The van der Waals surface area contributed by atoms with Crippen LogP contribution in [0.15, 0.2) is 15.9 Å². The third kappa shape index (κ3) is 3.39. The first-order chi connectivity index (χ1) is 6.36. The number of hydrogen-bond acceptors (Lipinski definition) is 4. The van der Waals surface area contributed by atoms with Crippen molar-refractivity contribution < 1.29 is 0 Å². The summed E-state index contributed by atoms with van der Waals surface area (Å²) in [7, 11) is 1.67. The van der Waals surface area contributed by atoms with E-state index in [1.165, 1.54) is 0 Å². The van der Waals surface area contributed by atoms with Crippen molar-refractivity contribution in [3.05, 3.63) is 16.6 Å². The first kappa shape index (κ1) is 9.94. The normalized spacial score (nSPS) is 11.4. The van der Waals surface area contributed by atoms with E-state index in [9.17, 15) is 0 Å². The highest BCUT2D eigenvalue weighted by Gasteiger charge is 1.96. The Labute approximate surface area is 81.1 Å². The minimum absolute atomic E-state index is 0.593. The Morgan fingerprint density at radius 3 is 3.15 bits per heavy atom. The summed E-state index contributed by atoms with van der Waals surface area (Å²) in [5.41, 5.74) is 5.37. The zero-order valence-electron chi connectivity index (χ0n) is 7.45. The number of aromatic nitrogens is 1. The molecule has 0 radical (unpaired) electrons. The quantitative estimate of drug-likeness (QED) is 0.271. The van der Waals surface area contributed by atoms with E-state index in [-0.39, 0.29) is 0 Å². The van der Waals surface area contributed by atoms with Crippen LogP contribution in [0.3, 0.4) is 0 Å². The number of nitrogens with zero attached hydrogens (tertiary/aromatic N) is 2.